The highest BCUT2D eigenvalue weighted by Crippen LogP contribution is 2.30. The molecule has 3 N–H and O–H groups in total. The first kappa shape index (κ1) is 26.8. The van der Waals surface area contributed by atoms with Crippen LogP contribution in [-0.4, -0.2) is 30.7 Å². The van der Waals surface area contributed by atoms with E-state index in [1.807, 2.05) is 0 Å². The van der Waals surface area contributed by atoms with Crippen LogP contribution >= 0.6 is 0 Å². The number of methoxy groups -OCH3 is 1. The van der Waals surface area contributed by atoms with Crippen LogP contribution in [0.1, 0.15) is 49.3 Å². The molecule has 10 heteroatoms. The van der Waals surface area contributed by atoms with E-state index in [0.29, 0.717) is 18.6 Å². The SMILES string of the molecule is COCCc1ccc([C@@H](NC(=O)Cc2cc(=O)[nH]o2)C(=O)Nc2cc(F)c(C(C)(C)C)c(F)c2)cc1. The molecule has 0 bridgehead atoms. The second kappa shape index (κ2) is 11.3. The van der Waals surface area contributed by atoms with Crippen LogP contribution in [0.3, 0.4) is 0 Å². The van der Waals surface area contributed by atoms with Crippen LogP contribution in [0.4, 0.5) is 14.5 Å². The average Bonchev–Trinajstić information content (AvgIpc) is 3.19. The number of carbonyl (C=O) groups excluding carboxylic acids is 2. The van der Waals surface area contributed by atoms with Gasteiger partial charge >= 0.3 is 0 Å². The van der Waals surface area contributed by atoms with Crippen molar-refractivity contribution in [2.24, 2.45) is 0 Å². The average molecular weight is 502 g/mol. The van der Waals surface area contributed by atoms with Gasteiger partial charge in [0.15, 0.2) is 0 Å². The summed E-state index contributed by atoms with van der Waals surface area (Å²) in [5.41, 5.74) is -0.0423. The molecule has 0 spiro atoms. The predicted octanol–water partition coefficient (Wildman–Crippen LogP) is 3.77. The van der Waals surface area contributed by atoms with E-state index in [1.165, 1.54) is 0 Å². The van der Waals surface area contributed by atoms with Crippen molar-refractivity contribution < 1.29 is 27.6 Å². The van der Waals surface area contributed by atoms with Gasteiger partial charge in [-0.15, -0.1) is 0 Å². The molecule has 8 nitrogen and oxygen atoms in total. The molecule has 1 atom stereocenters. The van der Waals surface area contributed by atoms with E-state index in [1.54, 1.807) is 52.1 Å². The van der Waals surface area contributed by atoms with Crippen molar-refractivity contribution in [2.75, 3.05) is 19.0 Å². The van der Waals surface area contributed by atoms with Gasteiger partial charge in [0.05, 0.1) is 13.0 Å². The zero-order valence-corrected chi connectivity index (χ0v) is 20.5. The maximum Gasteiger partial charge on any atom is 0.280 e. The summed E-state index contributed by atoms with van der Waals surface area (Å²) in [7, 11) is 1.59. The quantitative estimate of drug-likeness (QED) is 0.413. The van der Waals surface area contributed by atoms with Crippen molar-refractivity contribution in [1.82, 2.24) is 10.5 Å². The molecule has 0 aliphatic carbocycles. The largest absolute Gasteiger partial charge is 0.384 e. The van der Waals surface area contributed by atoms with Crippen molar-refractivity contribution in [3.05, 3.63) is 86.9 Å². The third-order valence-electron chi connectivity index (χ3n) is 5.44. The number of hydrogen-bond acceptors (Lipinski definition) is 5. The normalized spacial score (nSPS) is 12.3. The minimum Gasteiger partial charge on any atom is -0.384 e. The molecular weight excluding hydrogens is 472 g/mol. The number of rotatable bonds is 9. The van der Waals surface area contributed by atoms with Gasteiger partial charge < -0.3 is 19.9 Å². The van der Waals surface area contributed by atoms with Gasteiger partial charge in [0.1, 0.15) is 23.4 Å². The summed E-state index contributed by atoms with van der Waals surface area (Å²) in [4.78, 5) is 37.1. The number of ether oxygens (including phenoxy) is 1. The molecule has 1 aromatic heterocycles. The minimum absolute atomic E-state index is 0.0874. The number of halogens is 2. The number of anilines is 1. The standard InChI is InChI=1S/C26H29F2N3O5/c1-26(2,3)23-19(27)11-17(12-20(23)28)29-25(34)24(16-7-5-15(6-8-16)9-10-35-4)30-21(32)13-18-14-22(33)31-36-18/h5-8,11-12,14,24H,9-10,13H2,1-4H3,(H,29,34)(H,30,32)(H,31,33)/t24-/m1/s1. The lowest BCUT2D eigenvalue weighted by molar-refractivity contribution is -0.126. The predicted molar refractivity (Wildman–Crippen MR) is 130 cm³/mol. The summed E-state index contributed by atoms with van der Waals surface area (Å²) in [6.07, 6.45) is 0.364. The van der Waals surface area contributed by atoms with Crippen LogP contribution in [0, 0.1) is 11.6 Å². The number of carbonyl (C=O) groups is 2. The van der Waals surface area contributed by atoms with E-state index in [-0.39, 0.29) is 23.4 Å². The summed E-state index contributed by atoms with van der Waals surface area (Å²) in [5, 5.41) is 7.18. The Labute approximate surface area is 207 Å². The van der Waals surface area contributed by atoms with E-state index < -0.39 is 40.5 Å². The Morgan fingerprint density at radius 3 is 2.25 bits per heavy atom. The number of benzene rings is 2. The molecule has 192 valence electrons. The van der Waals surface area contributed by atoms with Crippen LogP contribution in [-0.2, 0) is 32.6 Å². The molecule has 36 heavy (non-hydrogen) atoms. The fourth-order valence-electron chi connectivity index (χ4n) is 3.75. The summed E-state index contributed by atoms with van der Waals surface area (Å²) < 4.78 is 39.3. The molecular formula is C26H29F2N3O5. The van der Waals surface area contributed by atoms with Crippen LogP contribution in [0.5, 0.6) is 0 Å². The molecule has 2 aromatic carbocycles. The van der Waals surface area contributed by atoms with Crippen molar-refractivity contribution in [3.63, 3.8) is 0 Å². The second-order valence-electron chi connectivity index (χ2n) is 9.39. The molecule has 0 saturated heterocycles. The molecule has 0 unspecified atom stereocenters. The van der Waals surface area contributed by atoms with Crippen molar-refractivity contribution >= 4 is 17.5 Å². The van der Waals surface area contributed by atoms with Gasteiger partial charge in [0.2, 0.25) is 5.91 Å². The second-order valence-corrected chi connectivity index (χ2v) is 9.39. The molecule has 0 aliphatic heterocycles. The van der Waals surface area contributed by atoms with Crippen molar-refractivity contribution in [1.29, 1.82) is 0 Å². The summed E-state index contributed by atoms with van der Waals surface area (Å²) in [6, 6.07) is 8.97. The maximum atomic E-state index is 14.7. The zero-order valence-electron chi connectivity index (χ0n) is 20.5. The van der Waals surface area contributed by atoms with Crippen LogP contribution in [0.15, 0.2) is 51.8 Å². The Bertz CT molecular complexity index is 1250. The molecule has 0 saturated carbocycles. The Morgan fingerprint density at radius 1 is 1.08 bits per heavy atom. The topological polar surface area (TPSA) is 113 Å². The number of hydrogen-bond donors (Lipinski definition) is 3. The highest BCUT2D eigenvalue weighted by molar-refractivity contribution is 5.98. The first-order chi connectivity index (χ1) is 17.0. The van der Waals surface area contributed by atoms with Crippen molar-refractivity contribution in [2.45, 2.75) is 45.1 Å². The van der Waals surface area contributed by atoms with E-state index in [4.69, 9.17) is 9.26 Å². The molecule has 1 heterocycles. The first-order valence-corrected chi connectivity index (χ1v) is 11.3. The summed E-state index contributed by atoms with van der Waals surface area (Å²) in [6.45, 7) is 5.56. The lowest BCUT2D eigenvalue weighted by Crippen LogP contribution is -2.37. The first-order valence-electron chi connectivity index (χ1n) is 11.3. The number of amides is 2. The lowest BCUT2D eigenvalue weighted by Gasteiger charge is -2.22. The van der Waals surface area contributed by atoms with Gasteiger partial charge in [0.25, 0.3) is 11.5 Å². The molecule has 0 radical (unpaired) electrons. The number of aromatic amines is 1. The highest BCUT2D eigenvalue weighted by Gasteiger charge is 2.27. The Hall–Kier alpha value is -3.79. The molecule has 3 aromatic rings. The lowest BCUT2D eigenvalue weighted by atomic mass is 9.86. The van der Waals surface area contributed by atoms with Gasteiger partial charge in [-0.05, 0) is 35.1 Å². The Balaban J connectivity index is 1.86. The summed E-state index contributed by atoms with van der Waals surface area (Å²) >= 11 is 0. The van der Waals surface area contributed by atoms with Crippen LogP contribution < -0.4 is 16.2 Å². The zero-order chi connectivity index (χ0) is 26.5. The Kier molecular flexibility index (Phi) is 8.41. The van der Waals surface area contributed by atoms with Crippen LogP contribution in [0.2, 0.25) is 0 Å². The van der Waals surface area contributed by atoms with E-state index >= 15 is 0 Å². The van der Waals surface area contributed by atoms with E-state index in [9.17, 15) is 23.2 Å². The van der Waals surface area contributed by atoms with Crippen molar-refractivity contribution in [3.8, 4) is 0 Å². The third-order valence-corrected chi connectivity index (χ3v) is 5.44. The molecule has 0 aliphatic rings. The molecule has 0 fully saturated rings. The highest BCUT2D eigenvalue weighted by atomic mass is 19.1. The number of H-pyrrole nitrogens is 1. The molecule has 2 amide bonds. The molecule has 3 rings (SSSR count). The van der Waals surface area contributed by atoms with Gasteiger partial charge in [0, 0.05) is 24.4 Å². The summed E-state index contributed by atoms with van der Waals surface area (Å²) in [5.74, 6) is -2.78. The third kappa shape index (κ3) is 6.88. The van der Waals surface area contributed by atoms with Gasteiger partial charge in [-0.1, -0.05) is 45.0 Å². The van der Waals surface area contributed by atoms with Crippen LogP contribution in [0.25, 0.3) is 0 Å². The fourth-order valence-corrected chi connectivity index (χ4v) is 3.75. The van der Waals surface area contributed by atoms with Gasteiger partial charge in [-0.25, -0.2) is 8.78 Å². The number of nitrogens with one attached hydrogen (secondary N) is 3. The fraction of sp³-hybridized carbons (Fsp3) is 0.346. The number of aromatic nitrogens is 1. The van der Waals surface area contributed by atoms with E-state index in [2.05, 4.69) is 15.8 Å². The van der Waals surface area contributed by atoms with E-state index in [0.717, 1.165) is 23.8 Å². The Morgan fingerprint density at radius 2 is 1.72 bits per heavy atom. The van der Waals surface area contributed by atoms with Gasteiger partial charge in [-0.2, -0.15) is 5.16 Å². The monoisotopic (exact) mass is 501 g/mol. The maximum absolute atomic E-state index is 14.7. The smallest absolute Gasteiger partial charge is 0.280 e. The van der Waals surface area contributed by atoms with Gasteiger partial charge in [-0.3, -0.25) is 14.4 Å². The minimum atomic E-state index is -1.19.